The van der Waals surface area contributed by atoms with Gasteiger partial charge in [0.25, 0.3) is 0 Å². The van der Waals surface area contributed by atoms with Crippen LogP contribution < -0.4 is 10.2 Å². The summed E-state index contributed by atoms with van der Waals surface area (Å²) < 4.78 is 2.18. The highest BCUT2D eigenvalue weighted by Gasteiger charge is 2.30. The Labute approximate surface area is 130 Å². The van der Waals surface area contributed by atoms with Gasteiger partial charge in [-0.05, 0) is 33.3 Å². The fourth-order valence-electron chi connectivity index (χ4n) is 3.68. The molecule has 6 heteroatoms. The number of hydrogen-bond donors (Lipinski definition) is 1. The van der Waals surface area contributed by atoms with Crippen molar-refractivity contribution in [2.75, 3.05) is 18.0 Å². The predicted molar refractivity (Wildman–Crippen MR) is 84.9 cm³/mol. The van der Waals surface area contributed by atoms with Crippen LogP contribution in [0.2, 0.25) is 0 Å². The van der Waals surface area contributed by atoms with Gasteiger partial charge in [-0.25, -0.2) is 9.97 Å². The lowest BCUT2D eigenvalue weighted by Gasteiger charge is -2.21. The Morgan fingerprint density at radius 2 is 2.05 bits per heavy atom. The van der Waals surface area contributed by atoms with Crippen molar-refractivity contribution in [3.63, 3.8) is 0 Å². The molecule has 0 aliphatic carbocycles. The van der Waals surface area contributed by atoms with E-state index in [1.54, 1.807) is 0 Å². The number of aromatic nitrogens is 4. The SMILES string of the molecule is Cc1cc(C)n([C@@H]2CCN(c3nc(C)nc4c3CNC4)C2)n1. The van der Waals surface area contributed by atoms with E-state index in [2.05, 4.69) is 44.9 Å². The van der Waals surface area contributed by atoms with Crippen LogP contribution in [-0.2, 0) is 13.1 Å². The first-order valence-corrected chi connectivity index (χ1v) is 7.96. The van der Waals surface area contributed by atoms with Gasteiger partial charge < -0.3 is 10.2 Å². The standard InChI is InChI=1S/C16H22N6/c1-10-6-11(2)22(20-10)13-4-5-21(9-13)16-14-7-17-8-15(14)18-12(3)19-16/h6,13,17H,4-5,7-9H2,1-3H3/t13-/m1/s1. The van der Waals surface area contributed by atoms with Gasteiger partial charge in [0.15, 0.2) is 0 Å². The first-order valence-electron chi connectivity index (χ1n) is 7.96. The topological polar surface area (TPSA) is 58.9 Å². The number of nitrogens with zero attached hydrogens (tertiary/aromatic N) is 5. The molecule has 6 nitrogen and oxygen atoms in total. The van der Waals surface area contributed by atoms with Crippen molar-refractivity contribution in [1.82, 2.24) is 25.1 Å². The first kappa shape index (κ1) is 13.7. The Bertz CT molecular complexity index is 720. The van der Waals surface area contributed by atoms with Crippen molar-refractivity contribution in [3.8, 4) is 0 Å². The van der Waals surface area contributed by atoms with E-state index >= 15 is 0 Å². The van der Waals surface area contributed by atoms with Crippen molar-refractivity contribution in [2.45, 2.75) is 46.3 Å². The molecule has 4 heterocycles. The van der Waals surface area contributed by atoms with Crippen molar-refractivity contribution >= 4 is 5.82 Å². The van der Waals surface area contributed by atoms with Crippen LogP contribution in [0, 0.1) is 20.8 Å². The summed E-state index contributed by atoms with van der Waals surface area (Å²) in [5.74, 6) is 1.99. The van der Waals surface area contributed by atoms with Gasteiger partial charge in [-0.15, -0.1) is 0 Å². The van der Waals surface area contributed by atoms with Gasteiger partial charge in [0.2, 0.25) is 0 Å². The second-order valence-corrected chi connectivity index (χ2v) is 6.38. The average Bonchev–Trinajstić information content (AvgIpc) is 3.17. The number of aryl methyl sites for hydroxylation is 3. The Hall–Kier alpha value is -1.95. The number of rotatable bonds is 2. The summed E-state index contributed by atoms with van der Waals surface area (Å²) in [7, 11) is 0. The van der Waals surface area contributed by atoms with Crippen molar-refractivity contribution in [3.05, 3.63) is 34.5 Å². The molecule has 0 amide bonds. The molecule has 1 N–H and O–H groups in total. The summed E-state index contributed by atoms with van der Waals surface area (Å²) in [5, 5.41) is 8.04. The smallest absolute Gasteiger partial charge is 0.137 e. The molecule has 2 aliphatic heterocycles. The minimum atomic E-state index is 0.439. The number of nitrogens with one attached hydrogen (secondary N) is 1. The number of fused-ring (bicyclic) bond motifs is 1. The molecule has 1 saturated heterocycles. The molecule has 1 fully saturated rings. The van der Waals surface area contributed by atoms with Gasteiger partial charge in [-0.1, -0.05) is 0 Å². The zero-order valence-corrected chi connectivity index (χ0v) is 13.4. The summed E-state index contributed by atoms with van der Waals surface area (Å²) >= 11 is 0. The molecule has 2 aromatic rings. The van der Waals surface area contributed by atoms with Crippen LogP contribution in [0.15, 0.2) is 6.07 Å². The molecule has 4 rings (SSSR count). The van der Waals surface area contributed by atoms with Crippen LogP contribution in [0.4, 0.5) is 5.82 Å². The molecule has 22 heavy (non-hydrogen) atoms. The zero-order chi connectivity index (χ0) is 15.3. The lowest BCUT2D eigenvalue weighted by atomic mass is 10.2. The van der Waals surface area contributed by atoms with Crippen molar-refractivity contribution in [1.29, 1.82) is 0 Å². The lowest BCUT2D eigenvalue weighted by Crippen LogP contribution is -2.24. The van der Waals surface area contributed by atoms with Gasteiger partial charge in [0.05, 0.1) is 17.4 Å². The molecule has 0 spiro atoms. The molecule has 0 bridgehead atoms. The van der Waals surface area contributed by atoms with Gasteiger partial charge in [-0.3, -0.25) is 4.68 Å². The van der Waals surface area contributed by atoms with E-state index in [1.807, 2.05) is 6.92 Å². The van der Waals surface area contributed by atoms with E-state index in [4.69, 9.17) is 4.98 Å². The van der Waals surface area contributed by atoms with Crippen LogP contribution in [0.3, 0.4) is 0 Å². The predicted octanol–water partition coefficient (Wildman–Crippen LogP) is 1.65. The third-order valence-electron chi connectivity index (χ3n) is 4.63. The van der Waals surface area contributed by atoms with Crippen LogP contribution in [-0.4, -0.2) is 32.8 Å². The minimum Gasteiger partial charge on any atom is -0.354 e. The second kappa shape index (κ2) is 5.05. The highest BCUT2D eigenvalue weighted by molar-refractivity contribution is 5.51. The van der Waals surface area contributed by atoms with Gasteiger partial charge >= 0.3 is 0 Å². The Balaban J connectivity index is 1.62. The summed E-state index contributed by atoms with van der Waals surface area (Å²) in [6.07, 6.45) is 1.12. The van der Waals surface area contributed by atoms with E-state index in [0.29, 0.717) is 6.04 Å². The van der Waals surface area contributed by atoms with Crippen molar-refractivity contribution < 1.29 is 0 Å². The van der Waals surface area contributed by atoms with Crippen LogP contribution >= 0.6 is 0 Å². The fraction of sp³-hybridized carbons (Fsp3) is 0.562. The lowest BCUT2D eigenvalue weighted by molar-refractivity contribution is 0.481. The number of hydrogen-bond acceptors (Lipinski definition) is 5. The highest BCUT2D eigenvalue weighted by Crippen LogP contribution is 2.31. The van der Waals surface area contributed by atoms with E-state index in [-0.39, 0.29) is 0 Å². The monoisotopic (exact) mass is 298 g/mol. The van der Waals surface area contributed by atoms with Crippen LogP contribution in [0.25, 0.3) is 0 Å². The fourth-order valence-corrected chi connectivity index (χ4v) is 3.68. The maximum Gasteiger partial charge on any atom is 0.137 e. The molecule has 2 aliphatic rings. The molecular formula is C16H22N6. The van der Waals surface area contributed by atoms with E-state index in [0.717, 1.165) is 55.6 Å². The van der Waals surface area contributed by atoms with E-state index in [1.165, 1.54) is 11.3 Å². The molecule has 0 radical (unpaired) electrons. The van der Waals surface area contributed by atoms with Gasteiger partial charge in [-0.2, -0.15) is 5.10 Å². The average molecular weight is 298 g/mol. The quantitative estimate of drug-likeness (QED) is 0.913. The Morgan fingerprint density at radius 1 is 1.18 bits per heavy atom. The molecule has 116 valence electrons. The highest BCUT2D eigenvalue weighted by atomic mass is 15.3. The van der Waals surface area contributed by atoms with Crippen LogP contribution in [0.5, 0.6) is 0 Å². The summed E-state index contributed by atoms with van der Waals surface area (Å²) in [6, 6.07) is 2.59. The third-order valence-corrected chi connectivity index (χ3v) is 4.63. The molecule has 2 aromatic heterocycles. The normalized spacial score (nSPS) is 20.7. The zero-order valence-electron chi connectivity index (χ0n) is 13.4. The molecule has 0 saturated carbocycles. The Kier molecular flexibility index (Phi) is 3.14. The summed E-state index contributed by atoms with van der Waals surface area (Å²) in [4.78, 5) is 11.7. The Morgan fingerprint density at radius 3 is 2.82 bits per heavy atom. The summed E-state index contributed by atoms with van der Waals surface area (Å²) in [5.41, 5.74) is 4.78. The molecule has 1 atom stereocenters. The molecular weight excluding hydrogens is 276 g/mol. The molecule has 0 aromatic carbocycles. The molecule has 0 unspecified atom stereocenters. The summed E-state index contributed by atoms with van der Waals surface area (Å²) in [6.45, 7) is 9.93. The van der Waals surface area contributed by atoms with E-state index < -0.39 is 0 Å². The first-order chi connectivity index (χ1) is 10.6. The third kappa shape index (κ3) is 2.18. The minimum absolute atomic E-state index is 0.439. The van der Waals surface area contributed by atoms with Crippen molar-refractivity contribution in [2.24, 2.45) is 0 Å². The van der Waals surface area contributed by atoms with Crippen LogP contribution in [0.1, 0.15) is 40.9 Å². The number of anilines is 1. The van der Waals surface area contributed by atoms with Gasteiger partial charge in [0.1, 0.15) is 11.6 Å². The maximum absolute atomic E-state index is 4.73. The van der Waals surface area contributed by atoms with E-state index in [9.17, 15) is 0 Å². The maximum atomic E-state index is 4.73. The second-order valence-electron chi connectivity index (χ2n) is 6.38. The van der Waals surface area contributed by atoms with Gasteiger partial charge in [0, 0.05) is 37.4 Å². The largest absolute Gasteiger partial charge is 0.354 e.